The zero-order valence-corrected chi connectivity index (χ0v) is 19.7. The molecular weight excluding hydrogens is 444 g/mol. The number of benzene rings is 2. The van der Waals surface area contributed by atoms with Crippen LogP contribution < -0.4 is 5.32 Å². The average Bonchev–Trinajstić information content (AvgIpc) is 3.13. The van der Waals surface area contributed by atoms with Gasteiger partial charge < -0.3 is 14.4 Å². The molecule has 0 unspecified atom stereocenters. The summed E-state index contributed by atoms with van der Waals surface area (Å²) in [5.74, 6) is -0.655. The number of hydrogen-bond acceptors (Lipinski definition) is 5. The molecule has 174 valence electrons. The number of nitrogens with zero attached hydrogens (tertiary/aromatic N) is 2. The van der Waals surface area contributed by atoms with Crippen LogP contribution in [0.15, 0.2) is 60.8 Å². The lowest BCUT2D eigenvalue weighted by Crippen LogP contribution is -2.08. The van der Waals surface area contributed by atoms with Gasteiger partial charge in [0.05, 0.1) is 31.3 Å². The molecule has 3 rings (SSSR count). The van der Waals surface area contributed by atoms with Crippen LogP contribution in [0.2, 0.25) is 0 Å². The fourth-order valence-corrected chi connectivity index (χ4v) is 5.07. The highest BCUT2D eigenvalue weighted by Crippen LogP contribution is 2.51. The van der Waals surface area contributed by atoms with Crippen LogP contribution in [0.25, 0.3) is 17.3 Å². The Labute approximate surface area is 192 Å². The number of rotatable bonds is 10. The van der Waals surface area contributed by atoms with Gasteiger partial charge in [-0.25, -0.2) is 4.39 Å². The van der Waals surface area contributed by atoms with Crippen molar-refractivity contribution in [1.29, 1.82) is 0 Å². The zero-order valence-electron chi connectivity index (χ0n) is 18.8. The molecule has 0 aliphatic carbocycles. The molecule has 0 saturated carbocycles. The van der Waals surface area contributed by atoms with Crippen molar-refractivity contribution in [3.63, 3.8) is 0 Å². The van der Waals surface area contributed by atoms with Crippen molar-refractivity contribution in [2.45, 2.75) is 20.0 Å². The number of aromatic nitrogens is 2. The summed E-state index contributed by atoms with van der Waals surface area (Å²) in [5, 5.41) is 7.04. The monoisotopic (exact) mass is 471 g/mol. The van der Waals surface area contributed by atoms with Crippen molar-refractivity contribution in [3.05, 3.63) is 77.7 Å². The van der Waals surface area contributed by atoms with Crippen LogP contribution in [0.3, 0.4) is 0 Å². The molecule has 1 heterocycles. The molecule has 0 saturated heterocycles. The van der Waals surface area contributed by atoms with E-state index in [4.69, 9.17) is 9.05 Å². The molecule has 2 aromatic carbocycles. The van der Waals surface area contributed by atoms with Crippen LogP contribution in [0.5, 0.6) is 0 Å². The number of nitrogens with one attached hydrogen (secondary N) is 1. The minimum atomic E-state index is -3.24. The maximum atomic E-state index is 13.3. The van der Waals surface area contributed by atoms with Gasteiger partial charge in [-0.15, -0.1) is 0 Å². The second kappa shape index (κ2) is 11.2. The van der Waals surface area contributed by atoms with E-state index in [2.05, 4.69) is 10.4 Å². The van der Waals surface area contributed by atoms with Gasteiger partial charge in [0, 0.05) is 29.9 Å². The van der Waals surface area contributed by atoms with Gasteiger partial charge in [-0.2, -0.15) is 5.10 Å². The summed E-state index contributed by atoms with van der Waals surface area (Å²) in [6, 6.07) is 13.2. The van der Waals surface area contributed by atoms with Gasteiger partial charge in [0.15, 0.2) is 0 Å². The smallest absolute Gasteiger partial charge is 0.323 e. The molecule has 1 N–H and O–H groups in total. The van der Waals surface area contributed by atoms with Gasteiger partial charge >= 0.3 is 7.60 Å². The Morgan fingerprint density at radius 1 is 1.15 bits per heavy atom. The fourth-order valence-electron chi connectivity index (χ4n) is 3.38. The predicted octanol–water partition coefficient (Wildman–Crippen LogP) is 5.64. The first-order chi connectivity index (χ1) is 15.8. The van der Waals surface area contributed by atoms with Crippen LogP contribution in [0.1, 0.15) is 25.0 Å². The van der Waals surface area contributed by atoms with Crippen molar-refractivity contribution >= 4 is 25.3 Å². The number of halogens is 1. The molecule has 0 aliphatic rings. The van der Waals surface area contributed by atoms with Gasteiger partial charge in [-0.1, -0.05) is 12.1 Å². The Bertz CT molecular complexity index is 1160. The average molecular weight is 471 g/mol. The first-order valence-corrected chi connectivity index (χ1v) is 12.3. The molecule has 3 aromatic rings. The zero-order chi connectivity index (χ0) is 23.8. The number of amides is 1. The minimum Gasteiger partial charge on any atom is -0.323 e. The lowest BCUT2D eigenvalue weighted by molar-refractivity contribution is -0.111. The van der Waals surface area contributed by atoms with Crippen LogP contribution in [0.4, 0.5) is 10.1 Å². The molecule has 0 radical (unpaired) electrons. The van der Waals surface area contributed by atoms with E-state index < -0.39 is 7.60 Å². The van der Waals surface area contributed by atoms with E-state index in [0.29, 0.717) is 5.69 Å². The van der Waals surface area contributed by atoms with E-state index in [1.54, 1.807) is 74.2 Å². The van der Waals surface area contributed by atoms with Crippen molar-refractivity contribution in [3.8, 4) is 11.3 Å². The maximum absolute atomic E-state index is 13.3. The summed E-state index contributed by atoms with van der Waals surface area (Å²) in [6.45, 7) is 4.09. The predicted molar refractivity (Wildman–Crippen MR) is 127 cm³/mol. The standard InChI is InChI=1S/C24H27FN3O4P/c1-4-31-33(30,32-5-2)17-18-7-6-8-22(15-18)27-23(29)14-11-20-16-26-28(3)24(20)19-9-12-21(25)13-10-19/h6-16H,4-5,17H2,1-3H3,(H,27,29)/b14-11+. The molecule has 0 spiro atoms. The number of carbonyl (C=O) groups is 1. The van der Waals surface area contributed by atoms with Gasteiger partial charge in [0.1, 0.15) is 5.82 Å². The van der Waals surface area contributed by atoms with E-state index in [1.165, 1.54) is 18.2 Å². The van der Waals surface area contributed by atoms with Crippen molar-refractivity contribution in [2.75, 3.05) is 18.5 Å². The number of hydrogen-bond donors (Lipinski definition) is 1. The highest BCUT2D eigenvalue weighted by Gasteiger charge is 2.24. The summed E-state index contributed by atoms with van der Waals surface area (Å²) in [5.41, 5.74) is 3.57. The number of aryl methyl sites for hydroxylation is 1. The topological polar surface area (TPSA) is 82.5 Å². The van der Waals surface area contributed by atoms with E-state index in [1.807, 2.05) is 0 Å². The molecule has 0 aliphatic heterocycles. The molecule has 1 amide bonds. The summed E-state index contributed by atoms with van der Waals surface area (Å²) >= 11 is 0. The lowest BCUT2D eigenvalue weighted by atomic mass is 10.1. The Morgan fingerprint density at radius 2 is 1.85 bits per heavy atom. The molecule has 9 heteroatoms. The molecule has 0 atom stereocenters. The van der Waals surface area contributed by atoms with Gasteiger partial charge in [0.2, 0.25) is 5.91 Å². The SMILES string of the molecule is CCOP(=O)(Cc1cccc(NC(=O)/C=C/c2cnn(C)c2-c2ccc(F)cc2)c1)OCC. The van der Waals surface area contributed by atoms with Crippen LogP contribution >= 0.6 is 7.60 Å². The maximum Gasteiger partial charge on any atom is 0.335 e. The first-order valence-electron chi connectivity index (χ1n) is 10.6. The highest BCUT2D eigenvalue weighted by atomic mass is 31.2. The van der Waals surface area contributed by atoms with Crippen molar-refractivity contribution < 1.29 is 22.8 Å². The van der Waals surface area contributed by atoms with E-state index >= 15 is 0 Å². The third kappa shape index (κ3) is 6.71. The minimum absolute atomic E-state index is 0.116. The molecule has 1 aromatic heterocycles. The van der Waals surface area contributed by atoms with E-state index in [0.717, 1.165) is 22.4 Å². The summed E-state index contributed by atoms with van der Waals surface area (Å²) < 4.78 is 38.4. The normalized spacial score (nSPS) is 11.8. The highest BCUT2D eigenvalue weighted by molar-refractivity contribution is 7.53. The summed E-state index contributed by atoms with van der Waals surface area (Å²) in [6.07, 6.45) is 4.82. The third-order valence-electron chi connectivity index (χ3n) is 4.72. The van der Waals surface area contributed by atoms with Crippen LogP contribution in [-0.4, -0.2) is 28.9 Å². The Balaban J connectivity index is 1.71. The lowest BCUT2D eigenvalue weighted by Gasteiger charge is -2.17. The molecule has 33 heavy (non-hydrogen) atoms. The van der Waals surface area contributed by atoms with Gasteiger partial charge in [-0.3, -0.25) is 14.0 Å². The summed E-state index contributed by atoms with van der Waals surface area (Å²) in [4.78, 5) is 12.5. The van der Waals surface area contributed by atoms with Crippen molar-refractivity contribution in [1.82, 2.24) is 9.78 Å². The van der Waals surface area contributed by atoms with Gasteiger partial charge in [0.25, 0.3) is 0 Å². The van der Waals surface area contributed by atoms with Gasteiger partial charge in [-0.05, 0) is 61.9 Å². The quantitative estimate of drug-likeness (QED) is 0.306. The second-order valence-electron chi connectivity index (χ2n) is 7.21. The first kappa shape index (κ1) is 24.6. The Kier molecular flexibility index (Phi) is 8.33. The molecule has 0 fully saturated rings. The van der Waals surface area contributed by atoms with Crippen LogP contribution in [0, 0.1) is 5.82 Å². The largest absolute Gasteiger partial charge is 0.335 e. The number of anilines is 1. The van der Waals surface area contributed by atoms with Crippen LogP contribution in [-0.2, 0) is 31.6 Å². The van der Waals surface area contributed by atoms with E-state index in [9.17, 15) is 13.8 Å². The van der Waals surface area contributed by atoms with E-state index in [-0.39, 0.29) is 31.1 Å². The summed E-state index contributed by atoms with van der Waals surface area (Å²) in [7, 11) is -1.46. The number of carbonyl (C=O) groups excluding carboxylic acids is 1. The molecule has 0 bridgehead atoms. The van der Waals surface area contributed by atoms with Crippen molar-refractivity contribution in [2.24, 2.45) is 7.05 Å². The Hall–Kier alpha value is -3.06. The third-order valence-corrected chi connectivity index (χ3v) is 6.78. The fraction of sp³-hybridized carbons (Fsp3) is 0.250. The second-order valence-corrected chi connectivity index (χ2v) is 9.26. The Morgan fingerprint density at radius 3 is 2.52 bits per heavy atom. The molecular formula is C24H27FN3O4P. The molecule has 7 nitrogen and oxygen atoms in total.